The fourth-order valence-electron chi connectivity index (χ4n) is 4.42. The number of aryl methyl sites for hydroxylation is 2. The van der Waals surface area contributed by atoms with Crippen LogP contribution in [0.25, 0.3) is 0 Å². The van der Waals surface area contributed by atoms with E-state index >= 15 is 0 Å². The molecule has 2 atom stereocenters. The average Bonchev–Trinajstić information content (AvgIpc) is 3.35. The Kier molecular flexibility index (Phi) is 4.44. The molecule has 3 heterocycles. The van der Waals surface area contributed by atoms with Crippen LogP contribution in [-0.4, -0.2) is 63.0 Å². The van der Waals surface area contributed by atoms with E-state index in [2.05, 4.69) is 15.2 Å². The Bertz CT molecular complexity index is 942. The number of carbonyl (C=O) groups excluding carboxylic acids is 2. The molecule has 8 heteroatoms. The lowest BCUT2D eigenvalue weighted by Crippen LogP contribution is -2.41. The maximum atomic E-state index is 13.9. The third-order valence-electron chi connectivity index (χ3n) is 6.01. The number of rotatable bonds is 3. The van der Waals surface area contributed by atoms with Gasteiger partial charge in [0.25, 0.3) is 5.91 Å². The van der Waals surface area contributed by atoms with E-state index in [-0.39, 0.29) is 23.5 Å². The minimum absolute atomic E-state index is 0.0532. The number of carbonyl (C=O) groups is 2. The van der Waals surface area contributed by atoms with Gasteiger partial charge < -0.3 is 9.80 Å². The zero-order chi connectivity index (χ0) is 20.1. The van der Waals surface area contributed by atoms with E-state index in [1.165, 1.54) is 6.07 Å². The van der Waals surface area contributed by atoms with Gasteiger partial charge in [-0.1, -0.05) is 13.0 Å². The molecular formula is C20H24FN5O2. The van der Waals surface area contributed by atoms with Crippen LogP contribution in [-0.2, 0) is 10.2 Å². The molecule has 1 aromatic carbocycles. The summed E-state index contributed by atoms with van der Waals surface area (Å²) in [5.74, 6) is 0.912. The summed E-state index contributed by atoms with van der Waals surface area (Å²) in [6.07, 6.45) is 0.446. The van der Waals surface area contributed by atoms with Crippen LogP contribution in [0.5, 0.6) is 0 Å². The summed E-state index contributed by atoms with van der Waals surface area (Å²) in [6, 6.07) is 4.57. The van der Waals surface area contributed by atoms with Crippen molar-refractivity contribution in [2.75, 3.05) is 26.2 Å². The summed E-state index contributed by atoms with van der Waals surface area (Å²) >= 11 is 0. The number of hydrogen-bond acceptors (Lipinski definition) is 4. The molecule has 0 radical (unpaired) electrons. The van der Waals surface area contributed by atoms with Crippen LogP contribution >= 0.6 is 0 Å². The fraction of sp³-hybridized carbons (Fsp3) is 0.500. The van der Waals surface area contributed by atoms with Gasteiger partial charge in [0.05, 0.1) is 5.41 Å². The van der Waals surface area contributed by atoms with Crippen LogP contribution in [0.3, 0.4) is 0 Å². The van der Waals surface area contributed by atoms with Crippen LogP contribution in [0, 0.1) is 25.6 Å². The van der Waals surface area contributed by atoms with Crippen LogP contribution < -0.4 is 0 Å². The van der Waals surface area contributed by atoms with Gasteiger partial charge in [-0.3, -0.25) is 14.7 Å². The van der Waals surface area contributed by atoms with Crippen LogP contribution in [0.2, 0.25) is 0 Å². The number of fused-ring (bicyclic) bond motifs is 1. The lowest BCUT2D eigenvalue weighted by molar-refractivity contribution is -0.130. The second-order valence-corrected chi connectivity index (χ2v) is 7.87. The van der Waals surface area contributed by atoms with E-state index in [1.807, 2.05) is 18.7 Å². The number of nitrogens with zero attached hydrogens (tertiary/aromatic N) is 4. The van der Waals surface area contributed by atoms with Gasteiger partial charge in [-0.05, 0) is 31.5 Å². The van der Waals surface area contributed by atoms with E-state index in [0.29, 0.717) is 55.4 Å². The molecule has 4 rings (SSSR count). The van der Waals surface area contributed by atoms with Crippen LogP contribution in [0.1, 0.15) is 40.9 Å². The van der Waals surface area contributed by atoms with Crippen molar-refractivity contribution < 1.29 is 14.0 Å². The number of likely N-dealkylation sites (tertiary alicyclic amines) is 2. The highest BCUT2D eigenvalue weighted by Gasteiger charge is 2.57. The molecular weight excluding hydrogens is 361 g/mol. The first-order valence-corrected chi connectivity index (χ1v) is 9.56. The largest absolute Gasteiger partial charge is 0.341 e. The Morgan fingerprint density at radius 2 is 1.96 bits per heavy atom. The molecule has 0 aliphatic carbocycles. The first-order valence-electron chi connectivity index (χ1n) is 9.56. The van der Waals surface area contributed by atoms with Crippen molar-refractivity contribution in [1.29, 1.82) is 0 Å². The second-order valence-electron chi connectivity index (χ2n) is 7.87. The number of H-pyrrole nitrogens is 1. The summed E-state index contributed by atoms with van der Waals surface area (Å²) in [5.41, 5.74) is 0.358. The smallest absolute Gasteiger partial charge is 0.254 e. The second kappa shape index (κ2) is 6.68. The van der Waals surface area contributed by atoms with E-state index in [9.17, 15) is 14.0 Å². The Morgan fingerprint density at radius 1 is 1.25 bits per heavy atom. The van der Waals surface area contributed by atoms with E-state index in [4.69, 9.17) is 0 Å². The number of aromatic amines is 1. The first-order chi connectivity index (χ1) is 13.3. The highest BCUT2D eigenvalue weighted by atomic mass is 19.1. The zero-order valence-corrected chi connectivity index (χ0v) is 16.3. The molecule has 2 amide bonds. The Morgan fingerprint density at radius 3 is 2.61 bits per heavy atom. The third kappa shape index (κ3) is 2.87. The fourth-order valence-corrected chi connectivity index (χ4v) is 4.42. The predicted molar refractivity (Wildman–Crippen MR) is 100 cm³/mol. The SMILES string of the molecule is CCC(=O)N1C[C@H]2CN(C(=O)c3ccc(C)c(F)c3)C[C@@]2(c2n[nH]c(C)n2)C1. The monoisotopic (exact) mass is 385 g/mol. The van der Waals surface area contributed by atoms with Gasteiger partial charge in [0, 0.05) is 44.1 Å². The van der Waals surface area contributed by atoms with Crippen molar-refractivity contribution in [2.45, 2.75) is 32.6 Å². The number of nitrogens with one attached hydrogen (secondary N) is 1. The summed E-state index contributed by atoms with van der Waals surface area (Å²) in [4.78, 5) is 33.4. The van der Waals surface area contributed by atoms with Crippen molar-refractivity contribution in [1.82, 2.24) is 25.0 Å². The predicted octanol–water partition coefficient (Wildman–Crippen LogP) is 1.82. The number of amides is 2. The molecule has 2 aliphatic rings. The average molecular weight is 385 g/mol. The Labute approximate surface area is 162 Å². The maximum Gasteiger partial charge on any atom is 0.254 e. The number of aromatic nitrogens is 3. The topological polar surface area (TPSA) is 82.2 Å². The molecule has 2 fully saturated rings. The quantitative estimate of drug-likeness (QED) is 0.874. The van der Waals surface area contributed by atoms with Gasteiger partial charge in [-0.25, -0.2) is 9.37 Å². The van der Waals surface area contributed by atoms with Crippen LogP contribution in [0.15, 0.2) is 18.2 Å². The van der Waals surface area contributed by atoms with Gasteiger partial charge in [0.2, 0.25) is 5.91 Å². The van der Waals surface area contributed by atoms with Gasteiger partial charge in [-0.15, -0.1) is 0 Å². The minimum Gasteiger partial charge on any atom is -0.341 e. The summed E-state index contributed by atoms with van der Waals surface area (Å²) in [5, 5.41) is 7.25. The van der Waals surface area contributed by atoms with Gasteiger partial charge in [0.15, 0.2) is 5.82 Å². The Hall–Kier alpha value is -2.77. The molecule has 7 nitrogen and oxygen atoms in total. The summed E-state index contributed by atoms with van der Waals surface area (Å²) < 4.78 is 13.9. The van der Waals surface area contributed by atoms with E-state index in [1.54, 1.807) is 24.0 Å². The standard InChI is InChI=1S/C20H24FN5O2/c1-4-17(27)25-8-15-9-26(18(28)14-6-5-12(2)16(21)7-14)11-20(15,10-25)19-22-13(3)23-24-19/h5-7,15H,4,8-11H2,1-3H3,(H,22,23,24)/t15-,20-/m0/s1. The maximum absolute atomic E-state index is 13.9. The number of benzene rings is 1. The van der Waals surface area contributed by atoms with Crippen molar-refractivity contribution in [2.24, 2.45) is 5.92 Å². The van der Waals surface area contributed by atoms with Gasteiger partial charge in [0.1, 0.15) is 11.6 Å². The highest BCUT2D eigenvalue weighted by Crippen LogP contribution is 2.44. The molecule has 2 aromatic rings. The molecule has 0 unspecified atom stereocenters. The lowest BCUT2D eigenvalue weighted by atomic mass is 9.80. The molecule has 0 bridgehead atoms. The Balaban J connectivity index is 1.64. The van der Waals surface area contributed by atoms with Crippen molar-refractivity contribution in [3.8, 4) is 0 Å². The van der Waals surface area contributed by atoms with Gasteiger partial charge in [-0.2, -0.15) is 5.10 Å². The minimum atomic E-state index is -0.492. The molecule has 1 N–H and O–H groups in total. The molecule has 0 saturated carbocycles. The summed E-state index contributed by atoms with van der Waals surface area (Å²) in [7, 11) is 0. The zero-order valence-electron chi connectivity index (χ0n) is 16.3. The number of hydrogen-bond donors (Lipinski definition) is 1. The van der Waals surface area contributed by atoms with Gasteiger partial charge >= 0.3 is 0 Å². The summed E-state index contributed by atoms with van der Waals surface area (Å²) in [6.45, 7) is 7.33. The van der Waals surface area contributed by atoms with E-state index < -0.39 is 5.41 Å². The normalized spacial score (nSPS) is 23.9. The van der Waals surface area contributed by atoms with E-state index in [0.717, 1.165) is 0 Å². The highest BCUT2D eigenvalue weighted by molar-refractivity contribution is 5.94. The van der Waals surface area contributed by atoms with Crippen molar-refractivity contribution >= 4 is 11.8 Å². The molecule has 1 aromatic heterocycles. The van der Waals surface area contributed by atoms with Crippen LogP contribution in [0.4, 0.5) is 4.39 Å². The third-order valence-corrected chi connectivity index (χ3v) is 6.01. The molecule has 148 valence electrons. The molecule has 28 heavy (non-hydrogen) atoms. The molecule has 0 spiro atoms. The van der Waals surface area contributed by atoms with Crippen molar-refractivity contribution in [3.63, 3.8) is 0 Å². The molecule has 2 saturated heterocycles. The molecule has 2 aliphatic heterocycles. The lowest BCUT2D eigenvalue weighted by Gasteiger charge is -2.26. The first kappa shape index (κ1) is 18.6. The number of halogens is 1. The van der Waals surface area contributed by atoms with Crippen molar-refractivity contribution in [3.05, 3.63) is 46.8 Å².